The van der Waals surface area contributed by atoms with E-state index in [2.05, 4.69) is 10.1 Å². The maximum absolute atomic E-state index is 11.1. The van der Waals surface area contributed by atoms with Gasteiger partial charge in [-0.15, -0.1) is 0 Å². The van der Waals surface area contributed by atoms with E-state index in [1.165, 1.54) is 13.4 Å². The van der Waals surface area contributed by atoms with Crippen LogP contribution in [0.2, 0.25) is 0 Å². The van der Waals surface area contributed by atoms with Crippen LogP contribution in [-0.4, -0.2) is 40.1 Å². The second kappa shape index (κ2) is 6.55. The minimum absolute atomic E-state index is 0.158. The third kappa shape index (κ3) is 5.33. The van der Waals surface area contributed by atoms with Crippen molar-refractivity contribution >= 4 is 15.8 Å². The molecule has 0 radical (unpaired) electrons. The van der Waals surface area contributed by atoms with Crippen molar-refractivity contribution in [3.05, 3.63) is 23.7 Å². The summed E-state index contributed by atoms with van der Waals surface area (Å²) in [5, 5.41) is 3.03. The first-order valence-electron chi connectivity index (χ1n) is 5.48. The van der Waals surface area contributed by atoms with Crippen molar-refractivity contribution < 1.29 is 22.4 Å². The highest BCUT2D eigenvalue weighted by Gasteiger charge is 2.10. The molecule has 1 heterocycles. The van der Waals surface area contributed by atoms with Crippen LogP contribution in [0.15, 0.2) is 16.5 Å². The fourth-order valence-electron chi connectivity index (χ4n) is 1.35. The largest absolute Gasteiger partial charge is 0.463 e. The molecule has 0 atom stereocenters. The number of esters is 1. The summed E-state index contributed by atoms with van der Waals surface area (Å²) < 4.78 is 31.5. The lowest BCUT2D eigenvalue weighted by atomic mass is 10.4. The van der Waals surface area contributed by atoms with Crippen molar-refractivity contribution in [2.45, 2.75) is 13.0 Å². The Morgan fingerprint density at radius 1 is 1.44 bits per heavy atom. The molecule has 0 unspecified atom stereocenters. The highest BCUT2D eigenvalue weighted by atomic mass is 32.2. The van der Waals surface area contributed by atoms with Gasteiger partial charge < -0.3 is 14.5 Å². The molecule has 7 heteroatoms. The molecule has 1 aromatic heterocycles. The van der Waals surface area contributed by atoms with Crippen LogP contribution in [-0.2, 0) is 21.1 Å². The van der Waals surface area contributed by atoms with E-state index in [0.717, 1.165) is 0 Å². The summed E-state index contributed by atoms with van der Waals surface area (Å²) in [4.78, 5) is 11.1. The van der Waals surface area contributed by atoms with Crippen LogP contribution < -0.4 is 5.32 Å². The molecule has 0 saturated heterocycles. The van der Waals surface area contributed by atoms with E-state index in [-0.39, 0.29) is 11.5 Å². The number of methoxy groups -OCH3 is 1. The van der Waals surface area contributed by atoms with Crippen molar-refractivity contribution in [3.63, 3.8) is 0 Å². The van der Waals surface area contributed by atoms with Crippen LogP contribution in [0.4, 0.5) is 0 Å². The molecule has 1 N–H and O–H groups in total. The summed E-state index contributed by atoms with van der Waals surface area (Å²) in [7, 11) is -1.62. The van der Waals surface area contributed by atoms with Crippen LogP contribution in [0.3, 0.4) is 0 Å². The molecule has 102 valence electrons. The highest BCUT2D eigenvalue weighted by molar-refractivity contribution is 7.90. The number of carbonyl (C=O) groups is 1. The zero-order valence-corrected chi connectivity index (χ0v) is 11.2. The van der Waals surface area contributed by atoms with Crippen LogP contribution in [0, 0.1) is 0 Å². The Bertz CT molecular complexity index is 491. The summed E-state index contributed by atoms with van der Waals surface area (Å²) in [6, 6.07) is 3.22. The molecule has 0 aliphatic carbocycles. The lowest BCUT2D eigenvalue weighted by molar-refractivity contribution is 0.0563. The van der Waals surface area contributed by atoms with Gasteiger partial charge in [0, 0.05) is 6.26 Å². The second-order valence-electron chi connectivity index (χ2n) is 3.92. The molecule has 0 saturated carbocycles. The van der Waals surface area contributed by atoms with E-state index < -0.39 is 15.8 Å². The topological polar surface area (TPSA) is 85.6 Å². The van der Waals surface area contributed by atoms with Crippen LogP contribution >= 0.6 is 0 Å². The van der Waals surface area contributed by atoms with E-state index in [4.69, 9.17) is 4.42 Å². The molecular weight excluding hydrogens is 258 g/mol. The average molecular weight is 275 g/mol. The first kappa shape index (κ1) is 14.7. The van der Waals surface area contributed by atoms with Gasteiger partial charge >= 0.3 is 5.97 Å². The summed E-state index contributed by atoms with van der Waals surface area (Å²) in [5.41, 5.74) is 0. The normalized spacial score (nSPS) is 11.4. The van der Waals surface area contributed by atoms with Crippen molar-refractivity contribution in [3.8, 4) is 0 Å². The average Bonchev–Trinajstić information content (AvgIpc) is 2.75. The Balaban J connectivity index is 2.28. The molecule has 1 rings (SSSR count). The van der Waals surface area contributed by atoms with E-state index in [1.807, 2.05) is 0 Å². The molecule has 0 bridgehead atoms. The van der Waals surface area contributed by atoms with Gasteiger partial charge in [0.1, 0.15) is 15.6 Å². The van der Waals surface area contributed by atoms with Gasteiger partial charge in [0.15, 0.2) is 0 Å². The predicted molar refractivity (Wildman–Crippen MR) is 66.1 cm³/mol. The first-order valence-corrected chi connectivity index (χ1v) is 7.54. The Hall–Kier alpha value is -1.34. The van der Waals surface area contributed by atoms with E-state index in [1.54, 1.807) is 12.1 Å². The molecule has 0 aromatic carbocycles. The predicted octanol–water partition coefficient (Wildman–Crippen LogP) is 0.591. The van der Waals surface area contributed by atoms with Gasteiger partial charge in [-0.2, -0.15) is 0 Å². The second-order valence-corrected chi connectivity index (χ2v) is 6.18. The molecule has 18 heavy (non-hydrogen) atoms. The van der Waals surface area contributed by atoms with Gasteiger partial charge in [-0.1, -0.05) is 0 Å². The Morgan fingerprint density at radius 2 is 2.17 bits per heavy atom. The first-order chi connectivity index (χ1) is 8.42. The standard InChI is InChI=1S/C11H17NO5S/c1-16-11(13)10-5-4-9(17-10)8-12-6-3-7-18(2,14)15/h4-5,12H,3,6-8H2,1-2H3. The van der Waals surface area contributed by atoms with Crippen molar-refractivity contribution in [2.24, 2.45) is 0 Å². The van der Waals surface area contributed by atoms with Crippen molar-refractivity contribution in [2.75, 3.05) is 25.7 Å². The molecular formula is C11H17NO5S. The quantitative estimate of drug-likeness (QED) is 0.579. The van der Waals surface area contributed by atoms with Gasteiger partial charge in [-0.3, -0.25) is 0 Å². The summed E-state index contributed by atoms with van der Waals surface area (Å²) in [5.74, 6) is 0.407. The zero-order chi connectivity index (χ0) is 13.6. The number of hydrogen-bond donors (Lipinski definition) is 1. The van der Waals surface area contributed by atoms with Crippen molar-refractivity contribution in [1.29, 1.82) is 0 Å². The van der Waals surface area contributed by atoms with Gasteiger partial charge in [-0.25, -0.2) is 13.2 Å². The lowest BCUT2D eigenvalue weighted by Crippen LogP contribution is -2.17. The number of furan rings is 1. The fraction of sp³-hybridized carbons (Fsp3) is 0.545. The molecule has 0 aliphatic rings. The van der Waals surface area contributed by atoms with Gasteiger partial charge in [0.2, 0.25) is 5.76 Å². The number of ether oxygens (including phenoxy) is 1. The Labute approximate surface area is 106 Å². The fourth-order valence-corrected chi connectivity index (χ4v) is 2.02. The van der Waals surface area contributed by atoms with E-state index >= 15 is 0 Å². The minimum Gasteiger partial charge on any atom is -0.463 e. The van der Waals surface area contributed by atoms with Gasteiger partial charge in [-0.05, 0) is 25.1 Å². The number of hydrogen-bond acceptors (Lipinski definition) is 6. The van der Waals surface area contributed by atoms with Crippen LogP contribution in [0.1, 0.15) is 22.7 Å². The molecule has 0 spiro atoms. The third-order valence-electron chi connectivity index (χ3n) is 2.22. The number of nitrogens with one attached hydrogen (secondary N) is 1. The maximum Gasteiger partial charge on any atom is 0.373 e. The SMILES string of the molecule is COC(=O)c1ccc(CNCCCS(C)(=O)=O)o1. The highest BCUT2D eigenvalue weighted by Crippen LogP contribution is 2.08. The summed E-state index contributed by atoms with van der Waals surface area (Å²) >= 11 is 0. The third-order valence-corrected chi connectivity index (χ3v) is 3.25. The monoisotopic (exact) mass is 275 g/mol. The molecule has 6 nitrogen and oxygen atoms in total. The Kier molecular flexibility index (Phi) is 5.36. The number of sulfone groups is 1. The zero-order valence-electron chi connectivity index (χ0n) is 10.4. The summed E-state index contributed by atoms with van der Waals surface area (Å²) in [6.07, 6.45) is 1.76. The van der Waals surface area contributed by atoms with E-state index in [0.29, 0.717) is 25.3 Å². The molecule has 0 fully saturated rings. The van der Waals surface area contributed by atoms with Gasteiger partial charge in [0.05, 0.1) is 19.4 Å². The Morgan fingerprint density at radius 3 is 2.78 bits per heavy atom. The number of rotatable bonds is 7. The van der Waals surface area contributed by atoms with E-state index in [9.17, 15) is 13.2 Å². The summed E-state index contributed by atoms with van der Waals surface area (Å²) in [6.45, 7) is 1.02. The van der Waals surface area contributed by atoms with Gasteiger partial charge in [0.25, 0.3) is 0 Å². The lowest BCUT2D eigenvalue weighted by Gasteiger charge is -2.01. The smallest absolute Gasteiger partial charge is 0.373 e. The minimum atomic E-state index is -2.90. The van der Waals surface area contributed by atoms with Crippen LogP contribution in [0.5, 0.6) is 0 Å². The maximum atomic E-state index is 11.1. The molecule has 0 aliphatic heterocycles. The van der Waals surface area contributed by atoms with Crippen LogP contribution in [0.25, 0.3) is 0 Å². The van der Waals surface area contributed by atoms with Crippen molar-refractivity contribution in [1.82, 2.24) is 5.32 Å². The molecule has 1 aromatic rings. The number of carbonyl (C=O) groups excluding carboxylic acids is 1. The molecule has 0 amide bonds.